The number of aliphatic carboxylic acids is 1. The minimum absolute atomic E-state index is 0.144. The third-order valence-electron chi connectivity index (χ3n) is 5.39. The van der Waals surface area contributed by atoms with Crippen molar-refractivity contribution in [2.24, 2.45) is 11.1 Å². The molecule has 2 unspecified atom stereocenters. The van der Waals surface area contributed by atoms with Gasteiger partial charge >= 0.3 is 5.97 Å². The summed E-state index contributed by atoms with van der Waals surface area (Å²) < 4.78 is 6.15. The minimum atomic E-state index is -1.08. The van der Waals surface area contributed by atoms with E-state index in [0.717, 1.165) is 37.9 Å². The Hall–Kier alpha value is -1.75. The molecular weight excluding hydrogens is 280 g/mol. The summed E-state index contributed by atoms with van der Waals surface area (Å²) in [5.74, 6) is 0.0580. The summed E-state index contributed by atoms with van der Waals surface area (Å²) in [6.45, 7) is 0. The van der Waals surface area contributed by atoms with Gasteiger partial charge in [-0.25, -0.2) is 0 Å². The maximum Gasteiger partial charge on any atom is 0.308 e. The molecule has 118 valence electrons. The number of rotatable bonds is 2. The van der Waals surface area contributed by atoms with Crippen molar-refractivity contribution in [1.29, 1.82) is 0 Å². The molecule has 4 aliphatic rings. The molecule has 2 atom stereocenters. The Morgan fingerprint density at radius 2 is 2.27 bits per heavy atom. The number of carbonyl (C=O) groups is 1. The summed E-state index contributed by atoms with van der Waals surface area (Å²) in [5.41, 5.74) is 7.64. The van der Waals surface area contributed by atoms with E-state index in [1.807, 2.05) is 0 Å². The summed E-state index contributed by atoms with van der Waals surface area (Å²) in [6, 6.07) is 0. The maximum atomic E-state index is 11.2. The quantitative estimate of drug-likeness (QED) is 0.820. The number of hydrogen-bond donors (Lipinski definition) is 2. The van der Waals surface area contributed by atoms with Crippen LogP contribution in [0.3, 0.4) is 0 Å². The molecule has 1 spiro atoms. The highest BCUT2D eigenvalue weighted by molar-refractivity contribution is 5.68. The van der Waals surface area contributed by atoms with Crippen LogP contribution in [0.15, 0.2) is 35.5 Å². The van der Waals surface area contributed by atoms with E-state index in [4.69, 9.17) is 10.5 Å². The average molecular weight is 302 g/mol. The first-order valence-corrected chi connectivity index (χ1v) is 8.12. The third kappa shape index (κ3) is 1.92. The number of hydrogen-bond acceptors (Lipinski definition) is 4. The van der Waals surface area contributed by atoms with E-state index in [1.54, 1.807) is 0 Å². The van der Waals surface area contributed by atoms with Crippen molar-refractivity contribution in [3.05, 3.63) is 35.5 Å². The van der Waals surface area contributed by atoms with Gasteiger partial charge in [0.2, 0.25) is 0 Å². The first-order valence-electron chi connectivity index (χ1n) is 8.12. The molecular formula is C17H22N2O3. The molecule has 5 nitrogen and oxygen atoms in total. The van der Waals surface area contributed by atoms with Crippen LogP contribution in [-0.4, -0.2) is 21.7 Å². The Bertz CT molecular complexity index is 621. The molecule has 22 heavy (non-hydrogen) atoms. The predicted molar refractivity (Wildman–Crippen MR) is 81.1 cm³/mol. The third-order valence-corrected chi connectivity index (χ3v) is 5.39. The van der Waals surface area contributed by atoms with Gasteiger partial charge in [-0.2, -0.15) is 0 Å². The van der Waals surface area contributed by atoms with E-state index in [9.17, 15) is 9.90 Å². The van der Waals surface area contributed by atoms with Gasteiger partial charge in [0, 0.05) is 18.8 Å². The monoisotopic (exact) mass is 302 g/mol. The number of fused-ring (bicyclic) bond motifs is 1. The van der Waals surface area contributed by atoms with Crippen LogP contribution in [0.1, 0.15) is 51.4 Å². The highest BCUT2D eigenvalue weighted by Gasteiger charge is 2.57. The fourth-order valence-electron chi connectivity index (χ4n) is 4.56. The molecule has 0 radical (unpaired) electrons. The Morgan fingerprint density at radius 3 is 3.09 bits per heavy atom. The van der Waals surface area contributed by atoms with Gasteiger partial charge in [-0.1, -0.05) is 12.5 Å². The highest BCUT2D eigenvalue weighted by atomic mass is 16.5. The Morgan fingerprint density at radius 1 is 1.41 bits per heavy atom. The molecule has 4 rings (SSSR count). The summed E-state index contributed by atoms with van der Waals surface area (Å²) in [7, 11) is 0. The standard InChI is InChI=1S/C17H22N2O3/c18-17(9-14(20)21)11-16-7-3-1-5-12(16)10-19-8-4-2-6-13(19)15(16)22-17/h4,8,10H,1-3,5-7,9,11,18H2,(H,20,21). The van der Waals surface area contributed by atoms with E-state index in [0.29, 0.717) is 6.42 Å². The fraction of sp³-hybridized carbons (Fsp3) is 0.588. The number of carboxylic acid groups (broad SMARTS) is 1. The van der Waals surface area contributed by atoms with Gasteiger partial charge in [-0.3, -0.25) is 10.5 Å². The summed E-state index contributed by atoms with van der Waals surface area (Å²) in [6.07, 6.45) is 13.3. The van der Waals surface area contributed by atoms with Gasteiger partial charge in [0.05, 0.1) is 17.5 Å². The van der Waals surface area contributed by atoms with Crippen LogP contribution in [0.25, 0.3) is 0 Å². The number of carboxylic acids is 1. The van der Waals surface area contributed by atoms with Crippen LogP contribution in [0, 0.1) is 5.41 Å². The zero-order valence-electron chi connectivity index (χ0n) is 12.7. The van der Waals surface area contributed by atoms with Gasteiger partial charge in [0.15, 0.2) is 5.72 Å². The van der Waals surface area contributed by atoms with Crippen LogP contribution in [-0.2, 0) is 9.53 Å². The van der Waals surface area contributed by atoms with Crippen molar-refractivity contribution in [2.75, 3.05) is 0 Å². The zero-order chi connectivity index (χ0) is 15.4. The van der Waals surface area contributed by atoms with Crippen molar-refractivity contribution < 1.29 is 14.6 Å². The minimum Gasteiger partial charge on any atom is -0.481 e. The van der Waals surface area contributed by atoms with E-state index < -0.39 is 11.7 Å². The SMILES string of the molecule is NC1(CC(=O)O)CC23CCCCC2=CN2C=CCCC2=C3O1. The molecule has 2 fully saturated rings. The Kier molecular flexibility index (Phi) is 2.92. The molecule has 3 N–H and O–H groups in total. The smallest absolute Gasteiger partial charge is 0.308 e. The van der Waals surface area contributed by atoms with Crippen molar-refractivity contribution in [3.63, 3.8) is 0 Å². The van der Waals surface area contributed by atoms with E-state index in [2.05, 4.69) is 23.4 Å². The van der Waals surface area contributed by atoms with Crippen molar-refractivity contribution in [2.45, 2.75) is 57.1 Å². The Labute approximate surface area is 130 Å². The van der Waals surface area contributed by atoms with Crippen molar-refractivity contribution in [3.8, 4) is 0 Å². The van der Waals surface area contributed by atoms with E-state index in [-0.39, 0.29) is 11.8 Å². The second-order valence-corrected chi connectivity index (χ2v) is 6.96. The molecule has 1 saturated heterocycles. The predicted octanol–water partition coefficient (Wildman–Crippen LogP) is 2.82. The average Bonchev–Trinajstić information content (AvgIpc) is 2.76. The van der Waals surface area contributed by atoms with Crippen LogP contribution < -0.4 is 5.73 Å². The number of nitrogens with two attached hydrogens (primary N) is 1. The normalized spacial score (nSPS) is 36.2. The second-order valence-electron chi connectivity index (χ2n) is 6.96. The number of allylic oxidation sites excluding steroid dienone is 3. The molecule has 1 saturated carbocycles. The lowest BCUT2D eigenvalue weighted by Gasteiger charge is -2.42. The first kappa shape index (κ1) is 13.9. The van der Waals surface area contributed by atoms with Crippen LogP contribution in [0.4, 0.5) is 0 Å². The maximum absolute atomic E-state index is 11.2. The number of nitrogens with zero attached hydrogens (tertiary/aromatic N) is 1. The largest absolute Gasteiger partial charge is 0.481 e. The molecule has 1 aliphatic carbocycles. The molecule has 5 heteroatoms. The number of ether oxygens (including phenoxy) is 1. The molecule has 0 bridgehead atoms. The summed E-state index contributed by atoms with van der Waals surface area (Å²) >= 11 is 0. The lowest BCUT2D eigenvalue weighted by atomic mass is 9.65. The lowest BCUT2D eigenvalue weighted by Crippen LogP contribution is -2.42. The molecule has 3 heterocycles. The molecule has 0 amide bonds. The van der Waals surface area contributed by atoms with E-state index in [1.165, 1.54) is 17.7 Å². The lowest BCUT2D eigenvalue weighted by molar-refractivity contribution is -0.142. The molecule has 0 aromatic carbocycles. The van der Waals surface area contributed by atoms with Crippen molar-refractivity contribution >= 4 is 5.97 Å². The van der Waals surface area contributed by atoms with Crippen molar-refractivity contribution in [1.82, 2.24) is 4.90 Å². The molecule has 3 aliphatic heterocycles. The van der Waals surface area contributed by atoms with E-state index >= 15 is 0 Å². The van der Waals surface area contributed by atoms with Crippen LogP contribution >= 0.6 is 0 Å². The van der Waals surface area contributed by atoms with Crippen LogP contribution in [0.5, 0.6) is 0 Å². The van der Waals surface area contributed by atoms with Gasteiger partial charge in [0.1, 0.15) is 5.76 Å². The van der Waals surface area contributed by atoms with Gasteiger partial charge < -0.3 is 14.7 Å². The van der Waals surface area contributed by atoms with Gasteiger partial charge in [-0.05, 0) is 37.7 Å². The summed E-state index contributed by atoms with van der Waals surface area (Å²) in [5, 5.41) is 9.19. The fourth-order valence-corrected chi connectivity index (χ4v) is 4.56. The second kappa shape index (κ2) is 4.62. The summed E-state index contributed by atoms with van der Waals surface area (Å²) in [4.78, 5) is 13.4. The van der Waals surface area contributed by atoms with Gasteiger partial charge in [-0.15, -0.1) is 0 Å². The van der Waals surface area contributed by atoms with Crippen LogP contribution in [0.2, 0.25) is 0 Å². The molecule has 0 aromatic rings. The Balaban J connectivity index is 1.81. The molecule has 0 aromatic heterocycles. The van der Waals surface area contributed by atoms with Gasteiger partial charge in [0.25, 0.3) is 0 Å². The zero-order valence-corrected chi connectivity index (χ0v) is 12.7. The topological polar surface area (TPSA) is 75.8 Å². The first-order chi connectivity index (χ1) is 10.5. The highest BCUT2D eigenvalue weighted by Crippen LogP contribution is 2.60.